The molecule has 0 saturated carbocycles. The lowest BCUT2D eigenvalue weighted by Gasteiger charge is -2.13. The molecule has 0 aliphatic heterocycles. The van der Waals surface area contributed by atoms with E-state index < -0.39 is 0 Å². The van der Waals surface area contributed by atoms with E-state index in [0.29, 0.717) is 6.04 Å². The van der Waals surface area contributed by atoms with Crippen LogP contribution in [0.3, 0.4) is 0 Å². The summed E-state index contributed by atoms with van der Waals surface area (Å²) in [4.78, 5) is 0. The monoisotopic (exact) mass is 235 g/mol. The minimum absolute atomic E-state index is 0.499. The second-order valence-corrected chi connectivity index (χ2v) is 4.62. The first-order chi connectivity index (χ1) is 7.83. The molecule has 1 N–H and O–H groups in total. The minimum atomic E-state index is 0.499. The number of rotatable bonds is 4. The van der Waals surface area contributed by atoms with Crippen molar-refractivity contribution >= 4 is 11.6 Å². The second-order valence-electron chi connectivity index (χ2n) is 4.21. The van der Waals surface area contributed by atoms with Crippen LogP contribution in [0, 0.1) is 0 Å². The molecule has 1 atom stereocenters. The van der Waals surface area contributed by atoms with Crippen LogP contribution in [-0.2, 0) is 6.42 Å². The molecule has 0 amide bonds. The van der Waals surface area contributed by atoms with Crippen molar-refractivity contribution in [3.63, 3.8) is 0 Å². The van der Waals surface area contributed by atoms with Gasteiger partial charge in [0.15, 0.2) is 0 Å². The van der Waals surface area contributed by atoms with Gasteiger partial charge in [-0.15, -0.1) is 0 Å². The highest BCUT2D eigenvalue weighted by Crippen LogP contribution is 2.35. The number of hydrogen-bond donors (Lipinski definition) is 1. The molecule has 86 valence electrons. The summed E-state index contributed by atoms with van der Waals surface area (Å²) in [5, 5.41) is 4.52. The lowest BCUT2D eigenvalue weighted by molar-refractivity contribution is 0.536. The summed E-state index contributed by atoms with van der Waals surface area (Å²) >= 11 is 6.18. The van der Waals surface area contributed by atoms with Gasteiger partial charge in [-0.3, -0.25) is 0 Å². The molecule has 1 aromatic carbocycles. The number of halogens is 1. The van der Waals surface area contributed by atoms with Gasteiger partial charge in [-0.25, -0.2) is 0 Å². The third-order valence-electron chi connectivity index (χ3n) is 3.15. The molecule has 1 aliphatic carbocycles. The van der Waals surface area contributed by atoms with Gasteiger partial charge in [-0.05, 0) is 49.9 Å². The van der Waals surface area contributed by atoms with Crippen LogP contribution in [0.4, 0.5) is 0 Å². The first kappa shape index (κ1) is 11.7. The van der Waals surface area contributed by atoms with Crippen molar-refractivity contribution in [1.82, 2.24) is 5.32 Å². The molecule has 2 heteroatoms. The molecule has 1 unspecified atom stereocenters. The van der Waals surface area contributed by atoms with E-state index >= 15 is 0 Å². The average Bonchev–Trinajstić information content (AvgIpc) is 2.70. The molecule has 16 heavy (non-hydrogen) atoms. The molecule has 0 spiro atoms. The largest absolute Gasteiger partial charge is 0.310 e. The highest BCUT2D eigenvalue weighted by molar-refractivity contribution is 6.31. The van der Waals surface area contributed by atoms with Gasteiger partial charge in [0.2, 0.25) is 0 Å². The Labute approximate surface area is 103 Å². The maximum Gasteiger partial charge on any atom is 0.0441 e. The van der Waals surface area contributed by atoms with Gasteiger partial charge in [0.25, 0.3) is 0 Å². The van der Waals surface area contributed by atoms with Crippen molar-refractivity contribution in [2.24, 2.45) is 0 Å². The summed E-state index contributed by atoms with van der Waals surface area (Å²) < 4.78 is 0. The Kier molecular flexibility index (Phi) is 4.03. The van der Waals surface area contributed by atoms with Crippen LogP contribution in [0.2, 0.25) is 5.02 Å². The zero-order valence-corrected chi connectivity index (χ0v) is 10.4. The van der Waals surface area contributed by atoms with E-state index in [1.807, 2.05) is 12.1 Å². The molecule has 0 aromatic heterocycles. The highest BCUT2D eigenvalue weighted by Gasteiger charge is 2.22. The van der Waals surface area contributed by atoms with Crippen molar-refractivity contribution in [1.29, 1.82) is 0 Å². The SMILES string of the molecule is C/C=C/CCNC1CCc2c(Cl)cccc21. The standard InChI is InChI=1S/C14H18ClN/c1-2-3-4-10-16-14-9-8-11-12(14)6-5-7-13(11)15/h2-3,5-7,14,16H,4,8-10H2,1H3/b3-2+. The van der Waals surface area contributed by atoms with E-state index in [1.54, 1.807) is 0 Å². The van der Waals surface area contributed by atoms with E-state index in [2.05, 4.69) is 30.5 Å². The van der Waals surface area contributed by atoms with Crippen LogP contribution in [-0.4, -0.2) is 6.54 Å². The average molecular weight is 236 g/mol. The molecular formula is C14H18ClN. The number of benzene rings is 1. The summed E-state index contributed by atoms with van der Waals surface area (Å²) in [5.74, 6) is 0. The van der Waals surface area contributed by atoms with Crippen molar-refractivity contribution in [3.05, 3.63) is 46.5 Å². The van der Waals surface area contributed by atoms with Gasteiger partial charge in [0.1, 0.15) is 0 Å². The summed E-state index contributed by atoms with van der Waals surface area (Å²) in [7, 11) is 0. The first-order valence-corrected chi connectivity index (χ1v) is 6.32. The van der Waals surface area contributed by atoms with E-state index in [-0.39, 0.29) is 0 Å². The molecule has 0 saturated heterocycles. The highest BCUT2D eigenvalue weighted by atomic mass is 35.5. The minimum Gasteiger partial charge on any atom is -0.310 e. The fourth-order valence-electron chi connectivity index (χ4n) is 2.33. The molecule has 0 radical (unpaired) electrons. The summed E-state index contributed by atoms with van der Waals surface area (Å²) in [5.41, 5.74) is 2.74. The maximum atomic E-state index is 6.18. The van der Waals surface area contributed by atoms with Crippen molar-refractivity contribution < 1.29 is 0 Å². The second kappa shape index (κ2) is 5.51. The van der Waals surface area contributed by atoms with Gasteiger partial charge in [0.05, 0.1) is 0 Å². The third kappa shape index (κ3) is 2.47. The van der Waals surface area contributed by atoms with Crippen LogP contribution in [0.1, 0.15) is 36.9 Å². The Balaban J connectivity index is 1.98. The van der Waals surface area contributed by atoms with Crippen molar-refractivity contribution in [2.75, 3.05) is 6.54 Å². The topological polar surface area (TPSA) is 12.0 Å². The van der Waals surface area contributed by atoms with E-state index in [1.165, 1.54) is 17.5 Å². The molecule has 2 rings (SSSR count). The van der Waals surface area contributed by atoms with Gasteiger partial charge in [0, 0.05) is 11.1 Å². The molecule has 0 fully saturated rings. The molecule has 0 heterocycles. The first-order valence-electron chi connectivity index (χ1n) is 5.94. The Morgan fingerprint density at radius 1 is 1.50 bits per heavy atom. The number of hydrogen-bond acceptors (Lipinski definition) is 1. The predicted octanol–water partition coefficient (Wildman–Crippen LogP) is 3.88. The van der Waals surface area contributed by atoms with Crippen LogP contribution in [0.5, 0.6) is 0 Å². The lowest BCUT2D eigenvalue weighted by atomic mass is 10.1. The molecular weight excluding hydrogens is 218 g/mol. The molecule has 1 aliphatic rings. The van der Waals surface area contributed by atoms with Crippen LogP contribution >= 0.6 is 11.6 Å². The van der Waals surface area contributed by atoms with E-state index in [4.69, 9.17) is 11.6 Å². The number of nitrogens with one attached hydrogen (secondary N) is 1. The predicted molar refractivity (Wildman–Crippen MR) is 69.9 cm³/mol. The quantitative estimate of drug-likeness (QED) is 0.617. The van der Waals surface area contributed by atoms with Gasteiger partial charge < -0.3 is 5.32 Å². The third-order valence-corrected chi connectivity index (χ3v) is 3.51. The fraction of sp³-hybridized carbons (Fsp3) is 0.429. The normalized spacial score (nSPS) is 19.2. The zero-order valence-electron chi connectivity index (χ0n) is 9.67. The summed E-state index contributed by atoms with van der Waals surface area (Å²) in [6, 6.07) is 6.73. The van der Waals surface area contributed by atoms with Gasteiger partial charge in [-0.2, -0.15) is 0 Å². The summed E-state index contributed by atoms with van der Waals surface area (Å²) in [6.45, 7) is 3.10. The summed E-state index contributed by atoms with van der Waals surface area (Å²) in [6.07, 6.45) is 7.68. The smallest absolute Gasteiger partial charge is 0.0441 e. The fourth-order valence-corrected chi connectivity index (χ4v) is 2.61. The molecule has 1 aromatic rings. The maximum absolute atomic E-state index is 6.18. The Hall–Kier alpha value is -0.790. The van der Waals surface area contributed by atoms with Crippen LogP contribution < -0.4 is 5.32 Å². The van der Waals surface area contributed by atoms with Crippen LogP contribution in [0.15, 0.2) is 30.4 Å². The van der Waals surface area contributed by atoms with Crippen LogP contribution in [0.25, 0.3) is 0 Å². The lowest BCUT2D eigenvalue weighted by Crippen LogP contribution is -2.19. The van der Waals surface area contributed by atoms with E-state index in [0.717, 1.165) is 24.4 Å². The van der Waals surface area contributed by atoms with Crippen molar-refractivity contribution in [2.45, 2.75) is 32.2 Å². The Morgan fingerprint density at radius 2 is 2.38 bits per heavy atom. The number of fused-ring (bicyclic) bond motifs is 1. The Morgan fingerprint density at radius 3 is 3.19 bits per heavy atom. The Bertz CT molecular complexity index is 384. The number of allylic oxidation sites excluding steroid dienone is 1. The van der Waals surface area contributed by atoms with E-state index in [9.17, 15) is 0 Å². The van der Waals surface area contributed by atoms with Crippen molar-refractivity contribution in [3.8, 4) is 0 Å². The zero-order chi connectivity index (χ0) is 11.4. The molecule has 1 nitrogen and oxygen atoms in total. The van der Waals surface area contributed by atoms with Gasteiger partial charge >= 0.3 is 0 Å². The molecule has 0 bridgehead atoms. The van der Waals surface area contributed by atoms with Gasteiger partial charge in [-0.1, -0.05) is 35.9 Å².